The first-order chi connectivity index (χ1) is 12.9. The van der Waals surface area contributed by atoms with Crippen LogP contribution in [-0.4, -0.2) is 18.2 Å². The largest absolute Gasteiger partial charge is 0.382 e. The van der Waals surface area contributed by atoms with Gasteiger partial charge in [-0.15, -0.1) is 0 Å². The molecule has 0 atom stereocenters. The van der Waals surface area contributed by atoms with Crippen LogP contribution >= 0.6 is 11.6 Å². The number of pyridine rings is 1. The van der Waals surface area contributed by atoms with E-state index in [2.05, 4.69) is 36.2 Å². The molecule has 0 radical (unpaired) electrons. The molecule has 1 heterocycles. The Bertz CT molecular complexity index is 525. The van der Waals surface area contributed by atoms with Gasteiger partial charge in [-0.3, -0.25) is 4.98 Å². The molecule has 0 aliphatic heterocycles. The lowest BCUT2D eigenvalue weighted by Gasteiger charge is -1.96. The molecule has 1 fully saturated rings. The van der Waals surface area contributed by atoms with E-state index in [0.717, 1.165) is 11.6 Å². The maximum atomic E-state index is 5.55. The third kappa shape index (κ3) is 16.5. The molecular weight excluding hydrogens is 354 g/mol. The summed E-state index contributed by atoms with van der Waals surface area (Å²) in [4.78, 5) is 3.95. The number of hydrogen-bond donors (Lipinski definition) is 0. The van der Waals surface area contributed by atoms with Crippen LogP contribution in [0.5, 0.6) is 0 Å². The monoisotopic (exact) mass is 393 g/mol. The maximum absolute atomic E-state index is 5.55. The third-order valence-corrected chi connectivity index (χ3v) is 3.70. The maximum Gasteiger partial charge on any atom is 0.0589 e. The van der Waals surface area contributed by atoms with Crippen LogP contribution in [0.1, 0.15) is 77.1 Å². The lowest BCUT2D eigenvalue weighted by molar-refractivity contribution is 0.134. The minimum atomic E-state index is 0.384. The number of halogens is 1. The molecule has 0 saturated heterocycles. The fraction of sp³-hybridized carbons (Fsp3) is 0.542. The molecule has 1 aliphatic carbocycles. The number of aromatic nitrogens is 1. The normalized spacial score (nSPS) is 11.4. The van der Waals surface area contributed by atoms with Crippen molar-refractivity contribution in [1.82, 2.24) is 4.98 Å². The van der Waals surface area contributed by atoms with Gasteiger partial charge >= 0.3 is 0 Å². The van der Waals surface area contributed by atoms with Crippen LogP contribution in [0, 0.1) is 13.8 Å². The quantitative estimate of drug-likeness (QED) is 0.515. The number of hydrogen-bond acceptors (Lipinski definition) is 2. The Morgan fingerprint density at radius 2 is 1.41 bits per heavy atom. The Hall–Kier alpha value is -1.38. The molecular formula is C24H40ClNO. The van der Waals surface area contributed by atoms with E-state index < -0.39 is 0 Å². The molecule has 154 valence electrons. The Balaban J connectivity index is 0. The van der Waals surface area contributed by atoms with Crippen molar-refractivity contribution in [2.45, 2.75) is 80.3 Å². The van der Waals surface area contributed by atoms with Gasteiger partial charge in [0.25, 0.3) is 0 Å². The van der Waals surface area contributed by atoms with Gasteiger partial charge in [-0.05, 0) is 64.2 Å². The van der Waals surface area contributed by atoms with Crippen LogP contribution in [0.4, 0.5) is 0 Å². The summed E-state index contributed by atoms with van der Waals surface area (Å²) in [5.74, 6) is 0.903. The number of methoxy groups -OCH3 is 1. The molecule has 0 N–H and O–H groups in total. The first-order valence-electron chi connectivity index (χ1n) is 10.1. The van der Waals surface area contributed by atoms with E-state index in [-0.39, 0.29) is 0 Å². The highest BCUT2D eigenvalue weighted by molar-refractivity contribution is 6.30. The summed E-state index contributed by atoms with van der Waals surface area (Å²) in [7, 11) is 1.70. The highest BCUT2D eigenvalue weighted by Crippen LogP contribution is 2.39. The van der Waals surface area contributed by atoms with Gasteiger partial charge < -0.3 is 4.74 Å². The van der Waals surface area contributed by atoms with Crippen molar-refractivity contribution in [2.75, 3.05) is 7.11 Å². The second kappa shape index (κ2) is 18.0. The topological polar surface area (TPSA) is 22.1 Å². The Morgan fingerprint density at radius 1 is 0.926 bits per heavy atom. The van der Waals surface area contributed by atoms with Crippen molar-refractivity contribution in [3.05, 3.63) is 64.4 Å². The zero-order valence-electron chi connectivity index (χ0n) is 18.8. The Labute approximate surface area is 173 Å². The first-order valence-corrected chi connectivity index (χ1v) is 10.5. The fourth-order valence-electron chi connectivity index (χ4n) is 1.71. The summed E-state index contributed by atoms with van der Waals surface area (Å²) in [6.45, 7) is 16.1. The molecule has 1 saturated carbocycles. The Kier molecular flexibility index (Phi) is 18.6. The van der Waals surface area contributed by atoms with E-state index in [1.807, 2.05) is 60.6 Å². The summed E-state index contributed by atoms with van der Waals surface area (Å²) >= 11 is 5.55. The van der Waals surface area contributed by atoms with Crippen molar-refractivity contribution in [2.24, 2.45) is 0 Å². The molecule has 2 nitrogen and oxygen atoms in total. The molecule has 0 spiro atoms. The third-order valence-electron chi connectivity index (χ3n) is 3.47. The standard InChI is InChI=1S/C10H12.C6H6ClN.C4H10O.2C2H6/c1-8-2-4-9(5-3-8)10-6-7-10;1-5-2-3-6(7)4-8-5;1-4(2)5-3;2*1-2/h2-5,10H,6-7H2,1H3;2-4H,1H3;4H,1-3H3;2*1-2H3. The van der Waals surface area contributed by atoms with Crippen molar-refractivity contribution in [3.8, 4) is 0 Å². The van der Waals surface area contributed by atoms with Crippen molar-refractivity contribution in [3.63, 3.8) is 0 Å². The average molecular weight is 394 g/mol. The molecule has 0 unspecified atom stereocenters. The fourth-order valence-corrected chi connectivity index (χ4v) is 1.82. The van der Waals surface area contributed by atoms with Crippen LogP contribution in [0.3, 0.4) is 0 Å². The molecule has 2 aromatic rings. The number of rotatable bonds is 2. The van der Waals surface area contributed by atoms with E-state index in [9.17, 15) is 0 Å². The van der Waals surface area contributed by atoms with Crippen LogP contribution in [-0.2, 0) is 4.74 Å². The second-order valence-electron chi connectivity index (χ2n) is 6.09. The smallest absolute Gasteiger partial charge is 0.0589 e. The zero-order chi connectivity index (χ0) is 21.2. The predicted molar refractivity (Wildman–Crippen MR) is 122 cm³/mol. The van der Waals surface area contributed by atoms with Gasteiger partial charge in [0, 0.05) is 19.0 Å². The molecule has 3 heteroatoms. The van der Waals surface area contributed by atoms with E-state index in [4.69, 9.17) is 16.3 Å². The van der Waals surface area contributed by atoms with Crippen LogP contribution in [0.25, 0.3) is 0 Å². The van der Waals surface area contributed by atoms with Gasteiger partial charge in [0.05, 0.1) is 11.1 Å². The van der Waals surface area contributed by atoms with Gasteiger partial charge in [-0.25, -0.2) is 0 Å². The molecule has 1 aliphatic rings. The summed E-state index contributed by atoms with van der Waals surface area (Å²) < 4.78 is 4.75. The van der Waals surface area contributed by atoms with Gasteiger partial charge in [0.2, 0.25) is 0 Å². The van der Waals surface area contributed by atoms with Gasteiger partial charge in [0.15, 0.2) is 0 Å². The van der Waals surface area contributed by atoms with Gasteiger partial charge in [-0.2, -0.15) is 0 Å². The van der Waals surface area contributed by atoms with Crippen molar-refractivity contribution in [1.29, 1.82) is 0 Å². The van der Waals surface area contributed by atoms with Crippen molar-refractivity contribution >= 4 is 11.6 Å². The van der Waals surface area contributed by atoms with Crippen LogP contribution in [0.2, 0.25) is 5.02 Å². The summed E-state index contributed by atoms with van der Waals surface area (Å²) in [5, 5.41) is 0.690. The molecule has 0 amide bonds. The molecule has 1 aromatic heterocycles. The SMILES string of the molecule is CC.CC.COC(C)C.Cc1ccc(C2CC2)cc1.Cc1ccc(Cl)cn1. The average Bonchev–Trinajstić information content (AvgIpc) is 3.54. The summed E-state index contributed by atoms with van der Waals surface area (Å²) in [5.41, 5.74) is 3.89. The van der Waals surface area contributed by atoms with E-state index in [1.165, 1.54) is 24.0 Å². The second-order valence-corrected chi connectivity index (χ2v) is 6.52. The molecule has 3 rings (SSSR count). The predicted octanol–water partition coefficient (Wildman–Crippen LogP) is 8.01. The molecule has 1 aromatic carbocycles. The minimum Gasteiger partial charge on any atom is -0.382 e. The highest BCUT2D eigenvalue weighted by Gasteiger charge is 2.22. The number of benzene rings is 1. The highest BCUT2D eigenvalue weighted by atomic mass is 35.5. The number of nitrogens with zero attached hydrogens (tertiary/aromatic N) is 1. The van der Waals surface area contributed by atoms with E-state index >= 15 is 0 Å². The summed E-state index contributed by atoms with van der Waals surface area (Å²) in [6, 6.07) is 12.6. The van der Waals surface area contributed by atoms with E-state index in [1.54, 1.807) is 13.3 Å². The molecule has 27 heavy (non-hydrogen) atoms. The van der Waals surface area contributed by atoms with E-state index in [0.29, 0.717) is 11.1 Å². The lowest BCUT2D eigenvalue weighted by Crippen LogP contribution is -1.94. The van der Waals surface area contributed by atoms with Gasteiger partial charge in [0.1, 0.15) is 0 Å². The minimum absolute atomic E-state index is 0.384. The first kappa shape index (κ1) is 27.8. The zero-order valence-corrected chi connectivity index (χ0v) is 19.6. The van der Waals surface area contributed by atoms with Crippen LogP contribution in [0.15, 0.2) is 42.6 Å². The summed E-state index contributed by atoms with van der Waals surface area (Å²) in [6.07, 6.45) is 4.83. The number of aryl methyl sites for hydroxylation is 2. The van der Waals surface area contributed by atoms with Gasteiger partial charge in [-0.1, -0.05) is 69.1 Å². The molecule has 0 bridgehead atoms. The number of ether oxygens (including phenoxy) is 1. The Morgan fingerprint density at radius 3 is 1.70 bits per heavy atom. The van der Waals surface area contributed by atoms with Crippen LogP contribution < -0.4 is 0 Å². The van der Waals surface area contributed by atoms with Crippen molar-refractivity contribution < 1.29 is 4.74 Å². The lowest BCUT2D eigenvalue weighted by atomic mass is 10.1.